The van der Waals surface area contributed by atoms with Gasteiger partial charge in [0.2, 0.25) is 5.91 Å². The van der Waals surface area contributed by atoms with Gasteiger partial charge in [-0.15, -0.1) is 11.3 Å². The number of hydrogen-bond donors (Lipinski definition) is 2. The minimum absolute atomic E-state index is 0.0681. The number of benzene rings is 1. The molecule has 31 heavy (non-hydrogen) atoms. The molecular weight excluding hydrogens is 415 g/mol. The van der Waals surface area contributed by atoms with Crippen LogP contribution in [0.5, 0.6) is 0 Å². The van der Waals surface area contributed by atoms with Gasteiger partial charge in [-0.1, -0.05) is 6.92 Å². The molecule has 0 bridgehead atoms. The second kappa shape index (κ2) is 9.78. The predicted octanol–water partition coefficient (Wildman–Crippen LogP) is 4.01. The maximum absolute atomic E-state index is 13.0. The summed E-state index contributed by atoms with van der Waals surface area (Å²) in [4.78, 5) is 30.9. The van der Waals surface area contributed by atoms with Crippen LogP contribution in [0.2, 0.25) is 0 Å². The van der Waals surface area contributed by atoms with Crippen LogP contribution >= 0.6 is 11.3 Å². The fourth-order valence-corrected chi connectivity index (χ4v) is 5.47. The number of fused-ring (bicyclic) bond motifs is 1. The molecule has 1 fully saturated rings. The first-order valence-electron chi connectivity index (χ1n) is 10.9. The molecule has 3 heterocycles. The Balaban J connectivity index is 1.23. The van der Waals surface area contributed by atoms with Gasteiger partial charge in [-0.3, -0.25) is 9.69 Å². The van der Waals surface area contributed by atoms with E-state index in [1.807, 2.05) is 0 Å². The fourth-order valence-electron chi connectivity index (χ4n) is 4.54. The normalized spacial score (nSPS) is 19.7. The lowest BCUT2D eigenvalue weighted by atomic mass is 9.97. The Kier molecular flexibility index (Phi) is 6.87. The lowest BCUT2D eigenvalue weighted by molar-refractivity contribution is -0.135. The van der Waals surface area contributed by atoms with Crippen molar-refractivity contribution in [1.29, 1.82) is 0 Å². The van der Waals surface area contributed by atoms with Crippen LogP contribution in [0.1, 0.15) is 42.7 Å². The number of thiophene rings is 1. The lowest BCUT2D eigenvalue weighted by Gasteiger charge is -2.38. The van der Waals surface area contributed by atoms with E-state index in [9.17, 15) is 14.0 Å². The Morgan fingerprint density at radius 1 is 1.13 bits per heavy atom. The van der Waals surface area contributed by atoms with Crippen LogP contribution in [0, 0.1) is 5.82 Å². The zero-order valence-corrected chi connectivity index (χ0v) is 18.6. The van der Waals surface area contributed by atoms with E-state index in [2.05, 4.69) is 38.8 Å². The van der Waals surface area contributed by atoms with Crippen molar-refractivity contribution in [3.8, 4) is 0 Å². The molecule has 2 aromatic rings. The summed E-state index contributed by atoms with van der Waals surface area (Å²) in [6, 6.07) is 7.84. The number of urea groups is 1. The van der Waals surface area contributed by atoms with Gasteiger partial charge in [0.05, 0.1) is 12.6 Å². The highest BCUT2D eigenvalue weighted by Crippen LogP contribution is 2.35. The van der Waals surface area contributed by atoms with Crippen molar-refractivity contribution in [1.82, 2.24) is 15.1 Å². The molecule has 0 spiro atoms. The molecule has 1 saturated heterocycles. The zero-order chi connectivity index (χ0) is 21.8. The highest BCUT2D eigenvalue weighted by Gasteiger charge is 2.31. The summed E-state index contributed by atoms with van der Waals surface area (Å²) in [7, 11) is 0. The second-order valence-electron chi connectivity index (χ2n) is 8.22. The lowest BCUT2D eigenvalue weighted by Crippen LogP contribution is -2.50. The number of carbonyl (C=O) groups is 2. The third kappa shape index (κ3) is 5.25. The predicted molar refractivity (Wildman–Crippen MR) is 121 cm³/mol. The van der Waals surface area contributed by atoms with Gasteiger partial charge in [0.15, 0.2) is 0 Å². The summed E-state index contributed by atoms with van der Waals surface area (Å²) in [5.74, 6) is -0.136. The summed E-state index contributed by atoms with van der Waals surface area (Å²) in [5, 5.41) is 7.84. The third-order valence-corrected chi connectivity index (χ3v) is 7.18. The van der Waals surface area contributed by atoms with Crippen molar-refractivity contribution in [2.24, 2.45) is 0 Å². The van der Waals surface area contributed by atoms with E-state index in [0.717, 1.165) is 45.3 Å². The molecular formula is C23H29FN4O2S. The van der Waals surface area contributed by atoms with Crippen molar-refractivity contribution < 1.29 is 14.0 Å². The number of amides is 3. The molecule has 4 rings (SSSR count). The molecule has 0 aliphatic carbocycles. The van der Waals surface area contributed by atoms with Crippen molar-refractivity contribution >= 4 is 29.0 Å². The van der Waals surface area contributed by atoms with Gasteiger partial charge in [-0.05, 0) is 67.0 Å². The van der Waals surface area contributed by atoms with E-state index < -0.39 is 0 Å². The van der Waals surface area contributed by atoms with Gasteiger partial charge in [-0.25, -0.2) is 9.18 Å². The first-order chi connectivity index (χ1) is 15.0. The van der Waals surface area contributed by atoms with Gasteiger partial charge in [0.1, 0.15) is 5.82 Å². The minimum atomic E-state index is -0.335. The molecule has 0 radical (unpaired) electrons. The summed E-state index contributed by atoms with van der Waals surface area (Å²) in [6.45, 7) is 4.94. The molecule has 166 valence electrons. The van der Waals surface area contributed by atoms with Crippen LogP contribution in [0.15, 0.2) is 35.7 Å². The smallest absolute Gasteiger partial charge is 0.319 e. The molecule has 1 aromatic carbocycles. The number of halogens is 1. The van der Waals surface area contributed by atoms with E-state index in [1.54, 1.807) is 11.3 Å². The van der Waals surface area contributed by atoms with Gasteiger partial charge >= 0.3 is 6.03 Å². The van der Waals surface area contributed by atoms with Crippen LogP contribution in [0.25, 0.3) is 0 Å². The Morgan fingerprint density at radius 2 is 1.87 bits per heavy atom. The second-order valence-corrected chi connectivity index (χ2v) is 9.22. The fraction of sp³-hybridized carbons (Fsp3) is 0.478. The van der Waals surface area contributed by atoms with Crippen LogP contribution in [0.3, 0.4) is 0 Å². The SMILES string of the molecule is CCC1c2ccsc2CCN1C(=O)CN1CCC(NC(=O)Nc2ccc(F)cc2)CC1. The number of anilines is 1. The topological polar surface area (TPSA) is 64.7 Å². The maximum Gasteiger partial charge on any atom is 0.319 e. The summed E-state index contributed by atoms with van der Waals surface area (Å²) in [5.41, 5.74) is 1.88. The van der Waals surface area contributed by atoms with E-state index in [1.165, 1.54) is 34.7 Å². The minimum Gasteiger partial charge on any atom is -0.335 e. The summed E-state index contributed by atoms with van der Waals surface area (Å²) in [6.07, 6.45) is 3.49. The highest BCUT2D eigenvalue weighted by atomic mass is 32.1. The van der Waals surface area contributed by atoms with Gasteiger partial charge in [0.25, 0.3) is 0 Å². The average Bonchev–Trinajstić information content (AvgIpc) is 3.25. The number of nitrogens with one attached hydrogen (secondary N) is 2. The summed E-state index contributed by atoms with van der Waals surface area (Å²) < 4.78 is 13.0. The molecule has 1 aromatic heterocycles. The molecule has 2 aliphatic rings. The molecule has 2 N–H and O–H groups in total. The summed E-state index contributed by atoms with van der Waals surface area (Å²) >= 11 is 1.80. The number of carbonyl (C=O) groups excluding carboxylic acids is 2. The molecule has 3 amide bonds. The monoisotopic (exact) mass is 444 g/mol. The van der Waals surface area contributed by atoms with E-state index in [4.69, 9.17) is 0 Å². The Morgan fingerprint density at radius 3 is 2.58 bits per heavy atom. The number of piperidine rings is 1. The Labute approximate surface area is 186 Å². The zero-order valence-electron chi connectivity index (χ0n) is 17.8. The van der Waals surface area contributed by atoms with Crippen LogP contribution in [-0.2, 0) is 11.2 Å². The number of likely N-dealkylation sites (tertiary alicyclic amines) is 1. The first kappa shape index (κ1) is 21.8. The molecule has 0 saturated carbocycles. The van der Waals surface area contributed by atoms with Crippen LogP contribution in [0.4, 0.5) is 14.9 Å². The van der Waals surface area contributed by atoms with Crippen molar-refractivity contribution in [3.63, 3.8) is 0 Å². The number of hydrogen-bond acceptors (Lipinski definition) is 4. The molecule has 1 atom stereocenters. The molecule has 2 aliphatic heterocycles. The van der Waals surface area contributed by atoms with E-state index in [-0.39, 0.29) is 29.8 Å². The third-order valence-electron chi connectivity index (χ3n) is 6.19. The van der Waals surface area contributed by atoms with Crippen molar-refractivity contribution in [2.45, 2.75) is 44.7 Å². The quantitative estimate of drug-likeness (QED) is 0.733. The standard InChI is InChI=1S/C23H29FN4O2S/c1-2-20-19-10-14-31-21(19)9-13-28(20)22(29)15-27-11-7-18(8-12-27)26-23(30)25-17-5-3-16(24)4-6-17/h3-6,10,14,18,20H,2,7-9,11-13,15H2,1H3,(H2,25,26,30). The molecule has 1 unspecified atom stereocenters. The average molecular weight is 445 g/mol. The van der Waals surface area contributed by atoms with Gasteiger partial charge < -0.3 is 15.5 Å². The van der Waals surface area contributed by atoms with Crippen LogP contribution < -0.4 is 10.6 Å². The largest absolute Gasteiger partial charge is 0.335 e. The van der Waals surface area contributed by atoms with E-state index in [0.29, 0.717) is 12.2 Å². The highest BCUT2D eigenvalue weighted by molar-refractivity contribution is 7.10. The van der Waals surface area contributed by atoms with E-state index >= 15 is 0 Å². The Hall–Kier alpha value is -2.45. The number of nitrogens with zero attached hydrogens (tertiary/aromatic N) is 2. The van der Waals surface area contributed by atoms with Crippen molar-refractivity contribution in [3.05, 3.63) is 52.0 Å². The number of rotatable bonds is 5. The molecule has 6 nitrogen and oxygen atoms in total. The Bertz CT molecular complexity index is 909. The maximum atomic E-state index is 13.0. The first-order valence-corrected chi connectivity index (χ1v) is 11.8. The van der Waals surface area contributed by atoms with Crippen LogP contribution in [-0.4, -0.2) is 54.0 Å². The van der Waals surface area contributed by atoms with Gasteiger partial charge in [-0.2, -0.15) is 0 Å². The van der Waals surface area contributed by atoms with Gasteiger partial charge in [0, 0.05) is 36.2 Å². The molecule has 8 heteroatoms. The van der Waals surface area contributed by atoms with Crippen molar-refractivity contribution in [2.75, 3.05) is 31.5 Å².